The van der Waals surface area contributed by atoms with Crippen LogP contribution >= 0.6 is 12.4 Å². The van der Waals surface area contributed by atoms with Gasteiger partial charge in [0.25, 0.3) is 11.6 Å². The highest BCUT2D eigenvalue weighted by atomic mass is 35.5. The highest BCUT2D eigenvalue weighted by molar-refractivity contribution is 5.98. The molecule has 0 atom stereocenters. The highest BCUT2D eigenvalue weighted by Gasteiger charge is 2.23. The predicted octanol–water partition coefficient (Wildman–Crippen LogP) is 1.48. The summed E-state index contributed by atoms with van der Waals surface area (Å²) < 4.78 is 5.39. The number of anilines is 1. The topological polar surface area (TPSA) is 120 Å². The molecule has 1 aliphatic heterocycles. The molecule has 0 aromatic heterocycles. The molecule has 4 N–H and O–H groups in total. The van der Waals surface area contributed by atoms with E-state index in [1.54, 1.807) is 6.92 Å². The van der Waals surface area contributed by atoms with Crippen LogP contribution in [0.25, 0.3) is 0 Å². The first-order chi connectivity index (χ1) is 10.5. The van der Waals surface area contributed by atoms with Crippen LogP contribution in [0.3, 0.4) is 0 Å². The van der Waals surface area contributed by atoms with Gasteiger partial charge >= 0.3 is 0 Å². The van der Waals surface area contributed by atoms with Crippen LogP contribution in [-0.4, -0.2) is 36.6 Å². The Kier molecular flexibility index (Phi) is 7.05. The Labute approximate surface area is 140 Å². The first-order valence-electron chi connectivity index (χ1n) is 7.25. The maximum Gasteiger partial charge on any atom is 0.293 e. The van der Waals surface area contributed by atoms with Gasteiger partial charge in [0.2, 0.25) is 0 Å². The fourth-order valence-corrected chi connectivity index (χ4v) is 2.42. The lowest BCUT2D eigenvalue weighted by Crippen LogP contribution is -2.42. The molecule has 128 valence electrons. The standard InChI is InChI=1S/C14H20N4O4.ClH/c1-2-22-13-8-11(15)12(18(20)21)7-10(13)14(19)17-9-3-5-16-6-4-9;/h7-9,16H,2-6,15H2,1H3,(H,17,19);1H. The van der Waals surface area contributed by atoms with Crippen LogP contribution in [0.4, 0.5) is 11.4 Å². The van der Waals surface area contributed by atoms with Gasteiger partial charge in [0.15, 0.2) is 0 Å². The van der Waals surface area contributed by atoms with Crippen LogP contribution in [0.1, 0.15) is 30.1 Å². The lowest BCUT2D eigenvalue weighted by atomic mass is 10.1. The van der Waals surface area contributed by atoms with E-state index in [0.29, 0.717) is 6.61 Å². The van der Waals surface area contributed by atoms with Crippen molar-refractivity contribution in [2.45, 2.75) is 25.8 Å². The van der Waals surface area contributed by atoms with Crippen LogP contribution in [0.2, 0.25) is 0 Å². The maximum absolute atomic E-state index is 12.4. The van der Waals surface area contributed by atoms with Crippen molar-refractivity contribution in [3.63, 3.8) is 0 Å². The minimum Gasteiger partial charge on any atom is -0.493 e. The molecule has 1 aliphatic rings. The lowest BCUT2D eigenvalue weighted by Gasteiger charge is -2.24. The number of hydrogen-bond donors (Lipinski definition) is 3. The van der Waals surface area contributed by atoms with Crippen LogP contribution < -0.4 is 21.1 Å². The SMILES string of the molecule is CCOc1cc(N)c([N+](=O)[O-])cc1C(=O)NC1CCNCC1.Cl. The van der Waals surface area contributed by atoms with Crippen molar-refractivity contribution in [3.05, 3.63) is 27.8 Å². The van der Waals surface area contributed by atoms with Crippen molar-refractivity contribution in [2.24, 2.45) is 0 Å². The summed E-state index contributed by atoms with van der Waals surface area (Å²) in [6, 6.07) is 2.57. The highest BCUT2D eigenvalue weighted by Crippen LogP contribution is 2.31. The quantitative estimate of drug-likeness (QED) is 0.423. The summed E-state index contributed by atoms with van der Waals surface area (Å²) in [5.41, 5.74) is 5.47. The second-order valence-corrected chi connectivity index (χ2v) is 5.10. The van der Waals surface area contributed by atoms with Gasteiger partial charge in [-0.15, -0.1) is 12.4 Å². The number of carbonyl (C=O) groups is 1. The molecule has 9 heteroatoms. The normalized spacial score (nSPS) is 14.7. The number of piperidine rings is 1. The Morgan fingerprint density at radius 1 is 1.48 bits per heavy atom. The van der Waals surface area contributed by atoms with E-state index in [1.165, 1.54) is 12.1 Å². The maximum atomic E-state index is 12.4. The summed E-state index contributed by atoms with van der Waals surface area (Å²) in [6.07, 6.45) is 1.65. The zero-order valence-corrected chi connectivity index (χ0v) is 13.6. The number of carbonyl (C=O) groups excluding carboxylic acids is 1. The number of benzene rings is 1. The molecular weight excluding hydrogens is 324 g/mol. The zero-order chi connectivity index (χ0) is 16.1. The number of nitro benzene ring substituents is 1. The fraction of sp³-hybridized carbons (Fsp3) is 0.500. The third-order valence-electron chi connectivity index (χ3n) is 3.54. The number of nitrogens with one attached hydrogen (secondary N) is 2. The first-order valence-corrected chi connectivity index (χ1v) is 7.25. The smallest absolute Gasteiger partial charge is 0.293 e. The number of hydrogen-bond acceptors (Lipinski definition) is 6. The number of nitrogens with two attached hydrogens (primary N) is 1. The molecule has 0 spiro atoms. The first kappa shape index (κ1) is 19.0. The van der Waals surface area contributed by atoms with Gasteiger partial charge in [0, 0.05) is 18.2 Å². The molecule has 2 rings (SSSR count). The Hall–Kier alpha value is -2.06. The molecule has 1 amide bonds. The van der Waals surface area contributed by atoms with E-state index in [-0.39, 0.29) is 47.0 Å². The van der Waals surface area contributed by atoms with Crippen LogP contribution in [-0.2, 0) is 0 Å². The molecule has 1 heterocycles. The van der Waals surface area contributed by atoms with Crippen molar-refractivity contribution < 1.29 is 14.5 Å². The van der Waals surface area contributed by atoms with Gasteiger partial charge in [-0.2, -0.15) is 0 Å². The number of nitrogen functional groups attached to an aromatic ring is 1. The lowest BCUT2D eigenvalue weighted by molar-refractivity contribution is -0.383. The minimum absolute atomic E-state index is 0. The third-order valence-corrected chi connectivity index (χ3v) is 3.54. The van der Waals surface area contributed by atoms with Crippen molar-refractivity contribution >= 4 is 29.7 Å². The van der Waals surface area contributed by atoms with Crippen molar-refractivity contribution in [3.8, 4) is 5.75 Å². The molecule has 0 radical (unpaired) electrons. The summed E-state index contributed by atoms with van der Waals surface area (Å²) in [7, 11) is 0. The van der Waals surface area contributed by atoms with E-state index >= 15 is 0 Å². The van der Waals surface area contributed by atoms with E-state index in [4.69, 9.17) is 10.5 Å². The molecule has 23 heavy (non-hydrogen) atoms. The third kappa shape index (κ3) is 4.70. The molecule has 0 saturated carbocycles. The number of amides is 1. The molecular formula is C14H21ClN4O4. The Morgan fingerprint density at radius 2 is 2.13 bits per heavy atom. The van der Waals surface area contributed by atoms with Crippen molar-refractivity contribution in [1.29, 1.82) is 0 Å². The predicted molar refractivity (Wildman–Crippen MR) is 89.3 cm³/mol. The summed E-state index contributed by atoms with van der Waals surface area (Å²) in [4.78, 5) is 22.8. The number of ether oxygens (including phenoxy) is 1. The number of nitrogens with zero attached hydrogens (tertiary/aromatic N) is 1. The fourth-order valence-electron chi connectivity index (χ4n) is 2.42. The average molecular weight is 345 g/mol. The zero-order valence-electron chi connectivity index (χ0n) is 12.8. The van der Waals surface area contributed by atoms with Crippen LogP contribution in [0.15, 0.2) is 12.1 Å². The Balaban J connectivity index is 0.00000264. The molecule has 0 bridgehead atoms. The van der Waals surface area contributed by atoms with E-state index < -0.39 is 4.92 Å². The van der Waals surface area contributed by atoms with Gasteiger partial charge in [-0.1, -0.05) is 0 Å². The number of halogens is 1. The Morgan fingerprint density at radius 3 is 2.70 bits per heavy atom. The van der Waals surface area contributed by atoms with E-state index in [0.717, 1.165) is 25.9 Å². The summed E-state index contributed by atoms with van der Waals surface area (Å²) in [5.74, 6) is -0.115. The molecule has 1 saturated heterocycles. The van der Waals surface area contributed by atoms with Gasteiger partial charge in [-0.3, -0.25) is 14.9 Å². The van der Waals surface area contributed by atoms with Crippen LogP contribution in [0.5, 0.6) is 5.75 Å². The summed E-state index contributed by atoms with van der Waals surface area (Å²) in [6.45, 7) is 3.78. The van der Waals surface area contributed by atoms with Gasteiger partial charge in [0.1, 0.15) is 11.4 Å². The van der Waals surface area contributed by atoms with E-state index in [9.17, 15) is 14.9 Å². The van der Waals surface area contributed by atoms with Crippen molar-refractivity contribution in [2.75, 3.05) is 25.4 Å². The largest absolute Gasteiger partial charge is 0.493 e. The van der Waals surface area contributed by atoms with Gasteiger partial charge < -0.3 is 21.1 Å². The van der Waals surface area contributed by atoms with Crippen LogP contribution in [0, 0.1) is 10.1 Å². The second-order valence-electron chi connectivity index (χ2n) is 5.10. The van der Waals surface area contributed by atoms with E-state index in [1.807, 2.05) is 0 Å². The number of rotatable bonds is 5. The molecule has 8 nitrogen and oxygen atoms in total. The van der Waals surface area contributed by atoms with Crippen molar-refractivity contribution in [1.82, 2.24) is 10.6 Å². The van der Waals surface area contributed by atoms with Gasteiger partial charge in [0.05, 0.1) is 17.1 Å². The van der Waals surface area contributed by atoms with E-state index in [2.05, 4.69) is 10.6 Å². The molecule has 1 aromatic carbocycles. The number of nitro groups is 1. The Bertz CT molecular complexity index is 576. The van der Waals surface area contributed by atoms with Gasteiger partial charge in [-0.05, 0) is 32.9 Å². The summed E-state index contributed by atoms with van der Waals surface area (Å²) >= 11 is 0. The second kappa shape index (κ2) is 8.54. The minimum atomic E-state index is -0.605. The molecule has 0 aliphatic carbocycles. The molecule has 0 unspecified atom stereocenters. The molecule has 1 aromatic rings. The average Bonchev–Trinajstić information content (AvgIpc) is 2.48. The van der Waals surface area contributed by atoms with Gasteiger partial charge in [-0.25, -0.2) is 0 Å². The summed E-state index contributed by atoms with van der Waals surface area (Å²) in [5, 5.41) is 17.1. The molecule has 1 fully saturated rings. The monoisotopic (exact) mass is 344 g/mol.